The van der Waals surface area contributed by atoms with E-state index >= 15 is 0 Å². The summed E-state index contributed by atoms with van der Waals surface area (Å²) in [6.07, 6.45) is 0. The van der Waals surface area contributed by atoms with Crippen LogP contribution in [-0.2, 0) is 20.9 Å². The van der Waals surface area contributed by atoms with Gasteiger partial charge in [0.05, 0.1) is 21.6 Å². The summed E-state index contributed by atoms with van der Waals surface area (Å²) in [6, 6.07) is 23.3. The Morgan fingerprint density at radius 2 is 1.55 bits per heavy atom. The van der Waals surface area contributed by atoms with Crippen molar-refractivity contribution in [2.45, 2.75) is 22.7 Å². The van der Waals surface area contributed by atoms with Crippen molar-refractivity contribution in [3.63, 3.8) is 0 Å². The Labute approximate surface area is 235 Å². The quantitative estimate of drug-likeness (QED) is 0.208. The van der Waals surface area contributed by atoms with Gasteiger partial charge in [-0.05, 0) is 29.8 Å². The lowest BCUT2D eigenvalue weighted by molar-refractivity contribution is -0.384. The largest absolute Gasteiger partial charge is 0.325 e. The van der Waals surface area contributed by atoms with E-state index in [1.165, 1.54) is 28.8 Å². The molecule has 2 aliphatic heterocycles. The molecule has 0 bridgehead atoms. The van der Waals surface area contributed by atoms with Gasteiger partial charge >= 0.3 is 4.87 Å². The fraction of sp³-hybridized carbons (Fsp3) is 0.143. The molecule has 10 nitrogen and oxygen atoms in total. The first-order valence-electron chi connectivity index (χ1n) is 12.3. The molecule has 3 heterocycles. The number of hydrogen-bond acceptors (Lipinski definition) is 8. The van der Waals surface area contributed by atoms with Crippen LogP contribution in [0.15, 0.2) is 94.7 Å². The van der Waals surface area contributed by atoms with Crippen LogP contribution in [0.4, 0.5) is 17.1 Å². The number of nitro groups is 1. The summed E-state index contributed by atoms with van der Waals surface area (Å²) < 4.78 is 1.36. The van der Waals surface area contributed by atoms with E-state index in [1.54, 1.807) is 24.3 Å². The second-order valence-corrected chi connectivity index (χ2v) is 11.4. The van der Waals surface area contributed by atoms with Gasteiger partial charge in [-0.1, -0.05) is 71.6 Å². The van der Waals surface area contributed by atoms with Crippen LogP contribution in [0.25, 0.3) is 0 Å². The maximum atomic E-state index is 13.8. The van der Waals surface area contributed by atoms with E-state index in [0.717, 1.165) is 33.6 Å². The van der Waals surface area contributed by atoms with E-state index in [1.807, 2.05) is 36.4 Å². The van der Waals surface area contributed by atoms with E-state index in [2.05, 4.69) is 5.32 Å². The molecule has 0 saturated carbocycles. The third-order valence-corrected chi connectivity index (χ3v) is 9.49. The Kier molecular flexibility index (Phi) is 6.56. The molecule has 1 N–H and O–H groups in total. The summed E-state index contributed by atoms with van der Waals surface area (Å²) in [5.41, 5.74) is 1.45. The van der Waals surface area contributed by atoms with E-state index in [4.69, 9.17) is 0 Å². The van der Waals surface area contributed by atoms with Gasteiger partial charge in [0.25, 0.3) is 5.69 Å². The zero-order valence-electron chi connectivity index (χ0n) is 20.6. The highest BCUT2D eigenvalue weighted by molar-refractivity contribution is 8.00. The molecule has 0 radical (unpaired) electrons. The molecule has 1 aromatic heterocycles. The molecule has 40 heavy (non-hydrogen) atoms. The monoisotopic (exact) mass is 572 g/mol. The zero-order valence-corrected chi connectivity index (χ0v) is 22.3. The second kappa shape index (κ2) is 10.2. The number of nitrogens with one attached hydrogen (secondary N) is 1. The average Bonchev–Trinajstić information content (AvgIpc) is 3.40. The minimum absolute atomic E-state index is 0.156. The van der Waals surface area contributed by atoms with Crippen molar-refractivity contribution >= 4 is 57.9 Å². The summed E-state index contributed by atoms with van der Waals surface area (Å²) in [7, 11) is 0. The highest BCUT2D eigenvalue weighted by Gasteiger charge is 2.56. The maximum absolute atomic E-state index is 13.8. The molecular formula is C28H20N4O6S2. The average molecular weight is 573 g/mol. The van der Waals surface area contributed by atoms with Crippen LogP contribution in [0.3, 0.4) is 0 Å². The Morgan fingerprint density at radius 3 is 2.20 bits per heavy atom. The van der Waals surface area contributed by atoms with E-state index < -0.39 is 39.7 Å². The number of hydrogen-bond donors (Lipinski definition) is 1. The van der Waals surface area contributed by atoms with Crippen LogP contribution < -0.4 is 15.1 Å². The molecule has 3 amide bonds. The summed E-state index contributed by atoms with van der Waals surface area (Å²) in [5.74, 6) is -2.69. The zero-order chi connectivity index (χ0) is 28.0. The maximum Gasteiger partial charge on any atom is 0.308 e. The van der Waals surface area contributed by atoms with E-state index in [-0.39, 0.29) is 22.8 Å². The van der Waals surface area contributed by atoms with Gasteiger partial charge in [-0.3, -0.25) is 33.9 Å². The van der Waals surface area contributed by atoms with Gasteiger partial charge in [-0.2, -0.15) is 0 Å². The fourth-order valence-corrected chi connectivity index (χ4v) is 7.89. The number of carbonyl (C=O) groups is 3. The highest BCUT2D eigenvalue weighted by Crippen LogP contribution is 2.53. The van der Waals surface area contributed by atoms with Crippen molar-refractivity contribution < 1.29 is 19.3 Å². The normalized spacial score (nSPS) is 19.7. The van der Waals surface area contributed by atoms with Crippen molar-refractivity contribution in [1.29, 1.82) is 0 Å². The number of nitro benzene ring substituents is 1. The number of imide groups is 1. The molecule has 4 aromatic rings. The summed E-state index contributed by atoms with van der Waals surface area (Å²) >= 11 is 2.09. The molecule has 3 aromatic carbocycles. The minimum Gasteiger partial charge on any atom is -0.325 e. The predicted molar refractivity (Wildman–Crippen MR) is 151 cm³/mol. The Balaban J connectivity index is 1.39. The number of fused-ring (bicyclic) bond motifs is 2. The lowest BCUT2D eigenvalue weighted by atomic mass is 9.83. The van der Waals surface area contributed by atoms with Gasteiger partial charge in [0, 0.05) is 28.6 Å². The van der Waals surface area contributed by atoms with Crippen LogP contribution >= 0.6 is 23.1 Å². The number of carbonyl (C=O) groups excluding carboxylic acids is 3. The number of thiazole rings is 1. The second-order valence-electron chi connectivity index (χ2n) is 9.28. The molecule has 0 aliphatic carbocycles. The number of rotatable bonds is 6. The number of aromatic nitrogens is 1. The van der Waals surface area contributed by atoms with Gasteiger partial charge in [-0.25, -0.2) is 4.90 Å². The predicted octanol–water partition coefficient (Wildman–Crippen LogP) is 4.25. The van der Waals surface area contributed by atoms with Crippen molar-refractivity contribution in [1.82, 2.24) is 4.57 Å². The van der Waals surface area contributed by atoms with Crippen molar-refractivity contribution in [3.05, 3.63) is 115 Å². The number of amides is 3. The molecule has 1 saturated heterocycles. The molecular weight excluding hydrogens is 552 g/mol. The van der Waals surface area contributed by atoms with E-state index in [0.29, 0.717) is 15.6 Å². The highest BCUT2D eigenvalue weighted by atomic mass is 32.2. The summed E-state index contributed by atoms with van der Waals surface area (Å²) in [5, 5.41) is 13.5. The number of benzene rings is 3. The SMILES string of the molecule is O=C(Cn1c2c(sc1=O)[C@H](c1ccccc1)C1C(=O)N(c3ccc([N+](=O)[O-])cc3)C(=O)C1S2)Nc1ccccc1. The van der Waals surface area contributed by atoms with Crippen LogP contribution in [0.1, 0.15) is 16.4 Å². The smallest absolute Gasteiger partial charge is 0.308 e. The lowest BCUT2D eigenvalue weighted by Crippen LogP contribution is -2.33. The van der Waals surface area contributed by atoms with Gasteiger partial charge in [-0.15, -0.1) is 0 Å². The lowest BCUT2D eigenvalue weighted by Gasteiger charge is -2.30. The fourth-order valence-electron chi connectivity index (χ4n) is 5.12. The molecule has 6 rings (SSSR count). The Hall–Kier alpha value is -4.55. The van der Waals surface area contributed by atoms with Crippen LogP contribution in [0.5, 0.6) is 0 Å². The molecule has 2 unspecified atom stereocenters. The molecule has 200 valence electrons. The number of nitrogens with zero attached hydrogens (tertiary/aromatic N) is 3. The first-order chi connectivity index (χ1) is 19.3. The first-order valence-corrected chi connectivity index (χ1v) is 14.0. The first kappa shape index (κ1) is 25.7. The van der Waals surface area contributed by atoms with E-state index in [9.17, 15) is 29.3 Å². The van der Waals surface area contributed by atoms with Crippen molar-refractivity contribution in [2.24, 2.45) is 5.92 Å². The summed E-state index contributed by atoms with van der Waals surface area (Å²) in [6.45, 7) is -0.250. The number of non-ortho nitro benzene ring substituents is 1. The van der Waals surface area contributed by atoms with Crippen molar-refractivity contribution in [2.75, 3.05) is 10.2 Å². The Bertz CT molecular complexity index is 1700. The molecule has 3 atom stereocenters. The van der Waals surface area contributed by atoms with Crippen LogP contribution in [-0.4, -0.2) is 32.5 Å². The van der Waals surface area contributed by atoms with Gasteiger partial charge < -0.3 is 5.32 Å². The standard InChI is InChI=1S/C28H20N4O6S2/c33-20(29-17-9-5-2-6-10-17)15-30-27-24(40-28(30)36)21(16-7-3-1-4-8-16)22-23(39-27)26(35)31(25(22)34)18-11-13-19(14-12-18)32(37)38/h1-14,21-23H,15H2,(H,29,33)/t21-,22?,23?/m1/s1. The number of anilines is 2. The number of thioether (sulfide) groups is 1. The molecule has 12 heteroatoms. The molecule has 2 aliphatic rings. The number of para-hydroxylation sites is 1. The minimum atomic E-state index is -0.849. The summed E-state index contributed by atoms with van der Waals surface area (Å²) in [4.78, 5) is 65.5. The van der Waals surface area contributed by atoms with Crippen LogP contribution in [0.2, 0.25) is 0 Å². The van der Waals surface area contributed by atoms with Crippen molar-refractivity contribution in [3.8, 4) is 0 Å². The Morgan fingerprint density at radius 1 is 0.900 bits per heavy atom. The van der Waals surface area contributed by atoms with Gasteiger partial charge in [0.2, 0.25) is 17.7 Å². The molecule has 0 spiro atoms. The van der Waals surface area contributed by atoms with Gasteiger partial charge in [0.15, 0.2) is 0 Å². The topological polar surface area (TPSA) is 132 Å². The van der Waals surface area contributed by atoms with Gasteiger partial charge in [0.1, 0.15) is 11.8 Å². The third kappa shape index (κ3) is 4.40. The third-order valence-electron chi connectivity index (χ3n) is 6.89. The molecule has 1 fully saturated rings. The van der Waals surface area contributed by atoms with Crippen LogP contribution in [0, 0.1) is 16.0 Å².